The van der Waals surface area contributed by atoms with Crippen LogP contribution in [-0.4, -0.2) is 23.1 Å². The third-order valence-corrected chi connectivity index (χ3v) is 0. The Balaban J connectivity index is 0. The van der Waals surface area contributed by atoms with Gasteiger partial charge in [0.05, 0.1) is 0 Å². The summed E-state index contributed by atoms with van der Waals surface area (Å²) in [5.74, 6) is 0. The molecular weight excluding hydrogens is 165 g/mol. The van der Waals surface area contributed by atoms with Gasteiger partial charge in [-0.15, -0.1) is 0 Å². The number of hydrogen-bond acceptors (Lipinski definition) is 1. The van der Waals surface area contributed by atoms with Gasteiger partial charge >= 0.3 is 57.2 Å². The van der Waals surface area contributed by atoms with Crippen LogP contribution in [-0.2, 0) is 39.6 Å². The van der Waals surface area contributed by atoms with E-state index in [0.29, 0.717) is 0 Å². The van der Waals surface area contributed by atoms with Crippen molar-refractivity contribution < 1.29 is 39.6 Å². The molecule has 0 saturated heterocycles. The molecule has 0 aromatic heterocycles. The van der Waals surface area contributed by atoms with Crippen molar-refractivity contribution in [1.82, 2.24) is 6.15 Å². The summed E-state index contributed by atoms with van der Waals surface area (Å²) in [6.07, 6.45) is 0. The van der Waals surface area contributed by atoms with Crippen LogP contribution in [0.4, 0.5) is 0 Å². The molecule has 1 radical (unpaired) electrons. The standard InChI is InChI=1S/Fe.Mg.Mn.H3N.O/h;;;1H3;/q3*+2;;-2. The number of rotatable bonds is 0. The van der Waals surface area contributed by atoms with Crippen molar-refractivity contribution in [2.75, 3.05) is 0 Å². The second-order valence-corrected chi connectivity index (χ2v) is 0. The van der Waals surface area contributed by atoms with E-state index >= 15 is 0 Å². The van der Waals surface area contributed by atoms with E-state index in [1.54, 1.807) is 0 Å². The molecule has 0 aromatic carbocycles. The van der Waals surface area contributed by atoms with Crippen molar-refractivity contribution >= 4 is 23.1 Å². The Bertz CT molecular complexity index is 11.6. The van der Waals surface area contributed by atoms with Crippen LogP contribution in [0, 0.1) is 0 Å². The Hall–Kier alpha value is 1.73. The zero-order chi connectivity index (χ0) is 0. The van der Waals surface area contributed by atoms with E-state index < -0.39 is 0 Å². The van der Waals surface area contributed by atoms with Crippen LogP contribution in [0.5, 0.6) is 0 Å². The molecule has 0 aliphatic carbocycles. The maximum absolute atomic E-state index is 0. The zero-order valence-electron chi connectivity index (χ0n) is 2.55. The average Bonchev–Trinajstić information content (AvgIpc) is 0. The van der Waals surface area contributed by atoms with Crippen LogP contribution in [0.15, 0.2) is 0 Å². The maximum Gasteiger partial charge on any atom is 2.00 e. The molecule has 0 amide bonds. The predicted octanol–water partition coefficient (Wildman–Crippen LogP) is -0.343. The normalized spacial score (nSPS) is 0. The molecule has 0 aliphatic heterocycles. The summed E-state index contributed by atoms with van der Waals surface area (Å²) >= 11 is 0. The smallest absolute Gasteiger partial charge is 2.00 e. The van der Waals surface area contributed by atoms with E-state index in [1.165, 1.54) is 0 Å². The van der Waals surface area contributed by atoms with Crippen molar-refractivity contribution in [2.45, 2.75) is 0 Å². The summed E-state index contributed by atoms with van der Waals surface area (Å²) in [5.41, 5.74) is 0. The topological polar surface area (TPSA) is 63.5 Å². The summed E-state index contributed by atoms with van der Waals surface area (Å²) in [5, 5.41) is 0. The van der Waals surface area contributed by atoms with Crippen LogP contribution >= 0.6 is 0 Å². The molecule has 0 saturated carbocycles. The minimum Gasteiger partial charge on any atom is -2.00 e. The zero-order valence-corrected chi connectivity index (χ0v) is 6.25. The van der Waals surface area contributed by atoms with Gasteiger partial charge in [0.25, 0.3) is 0 Å². The van der Waals surface area contributed by atoms with E-state index in [0.717, 1.165) is 0 Å². The van der Waals surface area contributed by atoms with Crippen molar-refractivity contribution in [2.24, 2.45) is 0 Å². The van der Waals surface area contributed by atoms with Gasteiger partial charge in [-0.2, -0.15) is 0 Å². The summed E-state index contributed by atoms with van der Waals surface area (Å²) in [4.78, 5) is 0. The summed E-state index contributed by atoms with van der Waals surface area (Å²) < 4.78 is 0. The molecule has 0 rings (SSSR count). The van der Waals surface area contributed by atoms with Crippen molar-refractivity contribution in [1.29, 1.82) is 0 Å². The van der Waals surface area contributed by atoms with Gasteiger partial charge in [0.2, 0.25) is 0 Å². The van der Waals surface area contributed by atoms with Crippen molar-refractivity contribution in [3.05, 3.63) is 0 Å². The van der Waals surface area contributed by atoms with Gasteiger partial charge in [-0.3, -0.25) is 0 Å². The predicted molar refractivity (Wildman–Crippen MR) is 11.5 cm³/mol. The molecule has 2 nitrogen and oxygen atoms in total. The Morgan fingerprint density at radius 2 is 1.00 bits per heavy atom. The molecule has 0 atom stereocenters. The van der Waals surface area contributed by atoms with E-state index in [4.69, 9.17) is 0 Å². The van der Waals surface area contributed by atoms with E-state index in [1.807, 2.05) is 0 Å². The summed E-state index contributed by atoms with van der Waals surface area (Å²) in [6, 6.07) is 0. The third-order valence-electron chi connectivity index (χ3n) is 0. The second kappa shape index (κ2) is 42.9. The first-order chi connectivity index (χ1) is 0. The molecule has 0 aliphatic rings. The fourth-order valence-electron chi connectivity index (χ4n) is 0. The van der Waals surface area contributed by atoms with Gasteiger partial charge in [-0.1, -0.05) is 0 Å². The van der Waals surface area contributed by atoms with Crippen LogP contribution in [0.1, 0.15) is 0 Å². The van der Waals surface area contributed by atoms with E-state index in [9.17, 15) is 0 Å². The average molecular weight is 168 g/mol. The quantitative estimate of drug-likeness (QED) is 0.494. The van der Waals surface area contributed by atoms with Crippen LogP contribution in [0.2, 0.25) is 0 Å². The largest absolute Gasteiger partial charge is 2.00 e. The van der Waals surface area contributed by atoms with E-state index in [2.05, 4.69) is 0 Å². The molecule has 0 bridgehead atoms. The summed E-state index contributed by atoms with van der Waals surface area (Å²) in [6.45, 7) is 0. The first-order valence-corrected chi connectivity index (χ1v) is 0. The molecule has 0 spiro atoms. The van der Waals surface area contributed by atoms with Gasteiger partial charge in [0.1, 0.15) is 0 Å². The fraction of sp³-hybridized carbons (Fsp3) is 0. The SMILES string of the molecule is N.[Fe+2].[Mg+2].[Mn+2].[O-2]. The monoisotopic (exact) mass is 168 g/mol. The molecule has 3 N–H and O–H groups in total. The van der Waals surface area contributed by atoms with Gasteiger partial charge in [0.15, 0.2) is 0 Å². The molecule has 27 valence electrons. The Morgan fingerprint density at radius 3 is 1.00 bits per heavy atom. The van der Waals surface area contributed by atoms with Crippen LogP contribution < -0.4 is 6.15 Å². The van der Waals surface area contributed by atoms with Crippen LogP contribution in [0.25, 0.3) is 0 Å². The van der Waals surface area contributed by atoms with Gasteiger partial charge in [0, 0.05) is 0 Å². The minimum atomic E-state index is 0. The second-order valence-electron chi connectivity index (χ2n) is 0. The van der Waals surface area contributed by atoms with Crippen molar-refractivity contribution in [3.63, 3.8) is 0 Å². The molecule has 0 heterocycles. The Morgan fingerprint density at radius 1 is 1.00 bits per heavy atom. The van der Waals surface area contributed by atoms with Gasteiger partial charge < -0.3 is 11.6 Å². The summed E-state index contributed by atoms with van der Waals surface area (Å²) in [7, 11) is 0. The molecule has 0 unspecified atom stereocenters. The van der Waals surface area contributed by atoms with Gasteiger partial charge in [-0.25, -0.2) is 0 Å². The van der Waals surface area contributed by atoms with E-state index in [-0.39, 0.29) is 68.8 Å². The minimum absolute atomic E-state index is 0. The Labute approximate surface area is 68.4 Å². The Kier molecular flexibility index (Phi) is 636. The molecule has 5 heavy (non-hydrogen) atoms. The molecule has 0 fully saturated rings. The van der Waals surface area contributed by atoms with Crippen molar-refractivity contribution in [3.8, 4) is 0 Å². The maximum atomic E-state index is 0. The molecular formula is H3FeMgMnNO+4. The molecule has 5 heteroatoms. The fourth-order valence-corrected chi connectivity index (χ4v) is 0. The first-order valence-electron chi connectivity index (χ1n) is 0. The number of hydrogen-bond donors (Lipinski definition) is 1. The first kappa shape index (κ1) is 74.1. The van der Waals surface area contributed by atoms with Crippen LogP contribution in [0.3, 0.4) is 0 Å². The third kappa shape index (κ3) is 26.7. The van der Waals surface area contributed by atoms with Gasteiger partial charge in [-0.05, 0) is 0 Å². The molecule has 0 aromatic rings.